The maximum absolute atomic E-state index is 12.8. The molecule has 2 atom stereocenters. The molecule has 14 heteroatoms. The minimum Gasteiger partial charge on any atom is -0.508 e. The van der Waals surface area contributed by atoms with Gasteiger partial charge < -0.3 is 48.4 Å². The molecule has 12 nitrogen and oxygen atoms in total. The van der Waals surface area contributed by atoms with Gasteiger partial charge in [0.05, 0.1) is 11.6 Å². The quantitative estimate of drug-likeness (QED) is 0.0852. The molecule has 0 spiro atoms. The van der Waals surface area contributed by atoms with Gasteiger partial charge in [-0.3, -0.25) is 9.59 Å². The SMILES string of the molecule is C=CCOc1ccc(CCC(=O)N2CCN(c3ccc(O)cc3)CC2)cc1.C=CCOc1ccc(CCC(=O)N2CCN(c3ccc(OC[C@@H]4CO[C@](C)(c5ccc(Cl)cc5Cl)O4)cc3)CC2)cc1. The Bertz CT molecular complexity index is 2440. The summed E-state index contributed by atoms with van der Waals surface area (Å²) in [6.45, 7) is 17.0. The number of aryl methyl sites for hydroxylation is 2. The van der Waals surface area contributed by atoms with E-state index in [0.717, 1.165) is 91.0 Å². The summed E-state index contributed by atoms with van der Waals surface area (Å²) in [6.07, 6.45) is 5.67. The number of piperazine rings is 2. The largest absolute Gasteiger partial charge is 0.508 e. The van der Waals surface area contributed by atoms with Crippen molar-refractivity contribution in [2.75, 3.05) is 88.6 Å². The molecule has 0 unspecified atom stereocenters. The van der Waals surface area contributed by atoms with Crippen molar-refractivity contribution in [2.24, 2.45) is 0 Å². The van der Waals surface area contributed by atoms with Gasteiger partial charge in [0.1, 0.15) is 48.9 Å². The molecule has 5 aromatic rings. The molecule has 3 aliphatic rings. The summed E-state index contributed by atoms with van der Waals surface area (Å²) in [5, 5.41) is 10.5. The number of amides is 2. The van der Waals surface area contributed by atoms with Crippen LogP contribution < -0.4 is 24.0 Å². The van der Waals surface area contributed by atoms with Crippen molar-refractivity contribution in [2.45, 2.75) is 44.5 Å². The fourth-order valence-electron chi connectivity index (χ4n) is 8.39. The van der Waals surface area contributed by atoms with Gasteiger partial charge in [0, 0.05) is 87.2 Å². The highest BCUT2D eigenvalue weighted by atomic mass is 35.5. The van der Waals surface area contributed by atoms with Gasteiger partial charge in [0.2, 0.25) is 11.8 Å². The summed E-state index contributed by atoms with van der Waals surface area (Å²) < 4.78 is 29.1. The number of anilines is 2. The van der Waals surface area contributed by atoms with Crippen LogP contribution >= 0.6 is 23.2 Å². The van der Waals surface area contributed by atoms with Gasteiger partial charge in [0.15, 0.2) is 5.79 Å². The zero-order valence-electron chi connectivity index (χ0n) is 39.3. The van der Waals surface area contributed by atoms with E-state index in [2.05, 4.69) is 35.1 Å². The maximum atomic E-state index is 12.8. The van der Waals surface area contributed by atoms with E-state index in [0.29, 0.717) is 68.8 Å². The summed E-state index contributed by atoms with van der Waals surface area (Å²) in [6, 6.07) is 36.3. The number of rotatable bonds is 18. The zero-order valence-corrected chi connectivity index (χ0v) is 40.8. The molecule has 3 aliphatic heterocycles. The minimum absolute atomic E-state index is 0.193. The Labute approximate surface area is 416 Å². The van der Waals surface area contributed by atoms with E-state index in [1.807, 2.05) is 95.6 Å². The van der Waals surface area contributed by atoms with E-state index in [4.69, 9.17) is 46.9 Å². The zero-order chi connectivity index (χ0) is 48.6. The monoisotopic (exact) mass is 976 g/mol. The number of hydrogen-bond donors (Lipinski definition) is 1. The highest BCUT2D eigenvalue weighted by Crippen LogP contribution is 2.39. The van der Waals surface area contributed by atoms with Crippen molar-refractivity contribution in [3.8, 4) is 23.0 Å². The second-order valence-corrected chi connectivity index (χ2v) is 18.0. The van der Waals surface area contributed by atoms with Crippen molar-refractivity contribution in [1.29, 1.82) is 0 Å². The molecule has 8 rings (SSSR count). The molecule has 3 saturated heterocycles. The van der Waals surface area contributed by atoms with Crippen LogP contribution in [-0.4, -0.2) is 112 Å². The average Bonchev–Trinajstić information content (AvgIpc) is 3.77. The van der Waals surface area contributed by atoms with Crippen LogP contribution in [0.4, 0.5) is 11.4 Å². The molecule has 0 radical (unpaired) electrons. The third-order valence-corrected chi connectivity index (χ3v) is 12.9. The van der Waals surface area contributed by atoms with E-state index in [1.165, 1.54) is 0 Å². The lowest BCUT2D eigenvalue weighted by molar-refractivity contribution is -0.164. The van der Waals surface area contributed by atoms with Gasteiger partial charge >= 0.3 is 0 Å². The second-order valence-electron chi connectivity index (χ2n) is 17.2. The lowest BCUT2D eigenvalue weighted by atomic mass is 10.1. The highest BCUT2D eigenvalue weighted by Gasteiger charge is 2.40. The molecular formula is C55H62Cl2N4O8. The molecule has 3 fully saturated rings. The smallest absolute Gasteiger partial charge is 0.223 e. The topological polar surface area (TPSA) is 113 Å². The van der Waals surface area contributed by atoms with Gasteiger partial charge in [0.25, 0.3) is 0 Å². The van der Waals surface area contributed by atoms with Crippen LogP contribution in [0.3, 0.4) is 0 Å². The second kappa shape index (κ2) is 24.9. The lowest BCUT2D eigenvalue weighted by Crippen LogP contribution is -2.48. The molecule has 0 aromatic heterocycles. The summed E-state index contributed by atoms with van der Waals surface area (Å²) >= 11 is 12.4. The van der Waals surface area contributed by atoms with E-state index >= 15 is 0 Å². The van der Waals surface area contributed by atoms with Gasteiger partial charge in [-0.1, -0.05) is 78.8 Å². The first-order valence-electron chi connectivity index (χ1n) is 23.5. The van der Waals surface area contributed by atoms with Crippen LogP contribution in [0.5, 0.6) is 23.0 Å². The summed E-state index contributed by atoms with van der Waals surface area (Å²) in [4.78, 5) is 33.8. The number of benzene rings is 5. The standard InChI is InChI=1S/C33H36Cl2N2O5.C22H26N2O3/c1-3-20-39-27-10-4-24(5-11-27)6-15-32(38)37-18-16-36(17-19-37)26-8-12-28(13-9-26)40-22-29-23-41-33(2,42-29)30-14-7-25(34)21-31(30)35;1-2-17-27-21-10-3-18(4-11-21)5-12-22(26)24-15-13-23(14-16-24)19-6-8-20(25)9-7-19/h3-5,7-14,21,29H,1,6,15-20,22-23H2,2H3;2-4,6-11,25H,1,5,12-17H2/t29-,33+;/m1./s1. The molecular weight excluding hydrogens is 916 g/mol. The van der Waals surface area contributed by atoms with E-state index in [1.54, 1.807) is 36.4 Å². The first kappa shape index (κ1) is 50.7. The fourth-order valence-corrected chi connectivity index (χ4v) is 8.97. The molecule has 69 heavy (non-hydrogen) atoms. The number of halogens is 2. The van der Waals surface area contributed by atoms with Gasteiger partial charge in [-0.25, -0.2) is 0 Å². The number of carbonyl (C=O) groups is 2. The summed E-state index contributed by atoms with van der Waals surface area (Å²) in [7, 11) is 0. The Morgan fingerprint density at radius 1 is 0.652 bits per heavy atom. The number of phenols is 1. The van der Waals surface area contributed by atoms with Crippen molar-refractivity contribution >= 4 is 46.4 Å². The Hall–Kier alpha value is -6.18. The van der Waals surface area contributed by atoms with Crippen LogP contribution in [0.2, 0.25) is 10.0 Å². The number of nitrogens with zero attached hydrogens (tertiary/aromatic N) is 4. The van der Waals surface area contributed by atoms with Crippen LogP contribution in [0.1, 0.15) is 36.5 Å². The van der Waals surface area contributed by atoms with Gasteiger partial charge in [-0.05, 0) is 116 Å². The van der Waals surface area contributed by atoms with Crippen LogP contribution in [0.25, 0.3) is 0 Å². The van der Waals surface area contributed by atoms with Crippen molar-refractivity contribution < 1.29 is 38.4 Å². The predicted octanol–water partition coefficient (Wildman–Crippen LogP) is 9.75. The number of phenolic OH excluding ortho intramolecular Hbond substituents is 1. The maximum Gasteiger partial charge on any atom is 0.223 e. The van der Waals surface area contributed by atoms with Gasteiger partial charge in [-0.15, -0.1) is 0 Å². The van der Waals surface area contributed by atoms with Crippen LogP contribution in [-0.2, 0) is 37.7 Å². The highest BCUT2D eigenvalue weighted by molar-refractivity contribution is 6.35. The number of carbonyl (C=O) groups excluding carboxylic acids is 2. The van der Waals surface area contributed by atoms with E-state index < -0.39 is 5.79 Å². The molecule has 0 bridgehead atoms. The molecule has 364 valence electrons. The number of ether oxygens (including phenoxy) is 5. The first-order valence-corrected chi connectivity index (χ1v) is 24.2. The Kier molecular flexibility index (Phi) is 18.3. The van der Waals surface area contributed by atoms with Crippen molar-refractivity contribution in [3.63, 3.8) is 0 Å². The third kappa shape index (κ3) is 14.7. The van der Waals surface area contributed by atoms with Crippen molar-refractivity contribution in [3.05, 3.63) is 167 Å². The number of aromatic hydroxyl groups is 1. The Morgan fingerprint density at radius 2 is 1.10 bits per heavy atom. The normalized spacial score (nSPS) is 17.9. The molecule has 0 aliphatic carbocycles. The van der Waals surface area contributed by atoms with Crippen molar-refractivity contribution in [1.82, 2.24) is 9.80 Å². The van der Waals surface area contributed by atoms with E-state index in [-0.39, 0.29) is 23.7 Å². The van der Waals surface area contributed by atoms with Crippen LogP contribution in [0, 0.1) is 0 Å². The molecule has 0 saturated carbocycles. The average molecular weight is 978 g/mol. The Morgan fingerprint density at radius 3 is 1.57 bits per heavy atom. The summed E-state index contributed by atoms with van der Waals surface area (Å²) in [5.74, 6) is 2.10. The first-order chi connectivity index (χ1) is 33.5. The molecule has 1 N–H and O–H groups in total. The molecule has 5 aromatic carbocycles. The minimum atomic E-state index is -0.949. The fraction of sp³-hybridized carbons (Fsp3) is 0.345. The summed E-state index contributed by atoms with van der Waals surface area (Å²) in [5.41, 5.74) is 5.19. The molecule has 2 amide bonds. The lowest BCUT2D eigenvalue weighted by Gasteiger charge is -2.36. The molecule has 3 heterocycles. The predicted molar refractivity (Wildman–Crippen MR) is 273 cm³/mol. The third-order valence-electron chi connectivity index (χ3n) is 12.3. The van der Waals surface area contributed by atoms with E-state index in [9.17, 15) is 14.7 Å². The van der Waals surface area contributed by atoms with Gasteiger partial charge in [-0.2, -0.15) is 0 Å². The number of hydrogen-bond acceptors (Lipinski definition) is 10. The Balaban J connectivity index is 0.000000224. The van der Waals surface area contributed by atoms with Crippen LogP contribution in [0.15, 0.2) is 141 Å².